The Morgan fingerprint density at radius 2 is 1.89 bits per heavy atom. The minimum absolute atomic E-state index is 0.218. The van der Waals surface area contributed by atoms with Crippen LogP contribution in [0.5, 0.6) is 5.88 Å². The molecule has 0 aromatic carbocycles. The first kappa shape index (κ1) is 11.9. The van der Waals surface area contributed by atoms with E-state index in [-0.39, 0.29) is 6.10 Å². The fourth-order valence-corrected chi connectivity index (χ4v) is 2.54. The molecule has 0 radical (unpaired) electrons. The van der Waals surface area contributed by atoms with Crippen molar-refractivity contribution in [3.8, 4) is 5.88 Å². The molecule has 2 heterocycles. The lowest BCUT2D eigenvalue weighted by atomic mass is 9.90. The molecule has 98 valence electrons. The Balaban J connectivity index is 1.72. The van der Waals surface area contributed by atoms with Crippen molar-refractivity contribution in [1.29, 1.82) is 0 Å². The van der Waals surface area contributed by atoms with Crippen LogP contribution in [-0.4, -0.2) is 35.3 Å². The molecule has 1 aliphatic carbocycles. The van der Waals surface area contributed by atoms with Crippen LogP contribution in [0, 0.1) is 0 Å². The fourth-order valence-electron chi connectivity index (χ4n) is 2.54. The van der Waals surface area contributed by atoms with E-state index in [4.69, 9.17) is 15.2 Å². The second kappa shape index (κ2) is 5.20. The molecular formula is C13H19N3O2. The van der Waals surface area contributed by atoms with E-state index in [0.717, 1.165) is 44.6 Å². The van der Waals surface area contributed by atoms with Gasteiger partial charge < -0.3 is 15.2 Å². The van der Waals surface area contributed by atoms with Crippen LogP contribution in [0.1, 0.15) is 37.3 Å². The maximum atomic E-state index is 5.91. The van der Waals surface area contributed by atoms with Crippen molar-refractivity contribution in [1.82, 2.24) is 9.97 Å². The molecule has 3 rings (SSSR count). The number of aromatic nitrogens is 2. The van der Waals surface area contributed by atoms with Crippen LogP contribution in [0.2, 0.25) is 0 Å². The zero-order chi connectivity index (χ0) is 12.4. The molecule has 0 bridgehead atoms. The quantitative estimate of drug-likeness (QED) is 0.872. The van der Waals surface area contributed by atoms with Crippen molar-refractivity contribution in [2.75, 3.05) is 13.2 Å². The molecule has 5 heteroatoms. The van der Waals surface area contributed by atoms with Gasteiger partial charge in [0.15, 0.2) is 0 Å². The number of rotatable bonds is 3. The second-order valence-corrected chi connectivity index (χ2v) is 5.10. The van der Waals surface area contributed by atoms with Crippen LogP contribution >= 0.6 is 0 Å². The Morgan fingerprint density at radius 1 is 1.17 bits per heavy atom. The van der Waals surface area contributed by atoms with E-state index in [2.05, 4.69) is 9.97 Å². The summed E-state index contributed by atoms with van der Waals surface area (Å²) in [6, 6.07) is 0.290. The van der Waals surface area contributed by atoms with Crippen LogP contribution in [0.25, 0.3) is 0 Å². The van der Waals surface area contributed by atoms with Crippen LogP contribution in [0.3, 0.4) is 0 Å². The minimum atomic E-state index is 0.218. The Bertz CT molecular complexity index is 401. The predicted octanol–water partition coefficient (Wildman–Crippen LogP) is 1.24. The number of ether oxygens (including phenoxy) is 2. The highest BCUT2D eigenvalue weighted by Gasteiger charge is 2.30. The molecule has 2 aliphatic rings. The molecular weight excluding hydrogens is 230 g/mol. The Kier molecular flexibility index (Phi) is 3.43. The molecule has 18 heavy (non-hydrogen) atoms. The van der Waals surface area contributed by atoms with E-state index in [0.29, 0.717) is 17.8 Å². The molecule has 0 unspecified atom stereocenters. The smallest absolute Gasteiger partial charge is 0.236 e. The van der Waals surface area contributed by atoms with Crippen LogP contribution in [-0.2, 0) is 4.74 Å². The van der Waals surface area contributed by atoms with Crippen molar-refractivity contribution in [3.05, 3.63) is 18.1 Å². The van der Waals surface area contributed by atoms with Crippen molar-refractivity contribution in [2.24, 2.45) is 5.73 Å². The van der Waals surface area contributed by atoms with Gasteiger partial charge in [-0.3, -0.25) is 4.98 Å². The molecule has 1 aliphatic heterocycles. The molecule has 1 saturated heterocycles. The van der Waals surface area contributed by atoms with Gasteiger partial charge in [0.25, 0.3) is 0 Å². The molecule has 1 aromatic heterocycles. The maximum absolute atomic E-state index is 5.91. The van der Waals surface area contributed by atoms with Gasteiger partial charge in [-0.1, -0.05) is 0 Å². The Hall–Kier alpha value is -1.20. The minimum Gasteiger partial charge on any atom is -0.473 e. The fraction of sp³-hybridized carbons (Fsp3) is 0.692. The molecule has 0 spiro atoms. The van der Waals surface area contributed by atoms with Gasteiger partial charge in [0.05, 0.1) is 0 Å². The van der Waals surface area contributed by atoms with Crippen LogP contribution in [0.15, 0.2) is 12.4 Å². The third-order valence-corrected chi connectivity index (χ3v) is 3.71. The van der Waals surface area contributed by atoms with Crippen molar-refractivity contribution >= 4 is 0 Å². The van der Waals surface area contributed by atoms with Gasteiger partial charge in [-0.15, -0.1) is 0 Å². The van der Waals surface area contributed by atoms with E-state index < -0.39 is 0 Å². The lowest BCUT2D eigenvalue weighted by molar-refractivity contribution is 0.0764. The highest BCUT2D eigenvalue weighted by atomic mass is 16.5. The zero-order valence-corrected chi connectivity index (χ0v) is 10.4. The predicted molar refractivity (Wildman–Crippen MR) is 66.5 cm³/mol. The highest BCUT2D eigenvalue weighted by Crippen LogP contribution is 2.32. The van der Waals surface area contributed by atoms with Crippen molar-refractivity contribution in [2.45, 2.75) is 43.7 Å². The van der Waals surface area contributed by atoms with Crippen molar-refractivity contribution in [3.63, 3.8) is 0 Å². The van der Waals surface area contributed by atoms with Crippen LogP contribution < -0.4 is 10.5 Å². The maximum Gasteiger partial charge on any atom is 0.236 e. The van der Waals surface area contributed by atoms with Crippen LogP contribution in [0.4, 0.5) is 0 Å². The summed E-state index contributed by atoms with van der Waals surface area (Å²) in [4.78, 5) is 8.79. The van der Waals surface area contributed by atoms with Gasteiger partial charge in [0, 0.05) is 37.6 Å². The number of hydrogen-bond acceptors (Lipinski definition) is 5. The largest absolute Gasteiger partial charge is 0.473 e. The summed E-state index contributed by atoms with van der Waals surface area (Å²) in [5.74, 6) is 1.11. The monoisotopic (exact) mass is 249 g/mol. The molecule has 5 nitrogen and oxygen atoms in total. The van der Waals surface area contributed by atoms with Gasteiger partial charge in [0.1, 0.15) is 11.8 Å². The van der Waals surface area contributed by atoms with E-state index in [1.54, 1.807) is 12.4 Å². The molecule has 2 N–H and O–H groups in total. The topological polar surface area (TPSA) is 70.3 Å². The summed E-state index contributed by atoms with van der Waals surface area (Å²) >= 11 is 0. The van der Waals surface area contributed by atoms with E-state index in [1.807, 2.05) is 0 Å². The first-order chi connectivity index (χ1) is 8.83. The lowest BCUT2D eigenvalue weighted by Crippen LogP contribution is -2.43. The number of nitrogens with two attached hydrogens (primary N) is 1. The van der Waals surface area contributed by atoms with E-state index >= 15 is 0 Å². The van der Waals surface area contributed by atoms with Gasteiger partial charge in [-0.05, 0) is 25.7 Å². The molecule has 2 fully saturated rings. The molecule has 0 atom stereocenters. The summed E-state index contributed by atoms with van der Waals surface area (Å²) in [5, 5.41) is 0. The molecule has 1 aromatic rings. The third kappa shape index (κ3) is 2.47. The van der Waals surface area contributed by atoms with Gasteiger partial charge in [-0.2, -0.15) is 0 Å². The third-order valence-electron chi connectivity index (χ3n) is 3.71. The number of nitrogens with zero attached hydrogens (tertiary/aromatic N) is 2. The Labute approximate surface area is 107 Å². The zero-order valence-electron chi connectivity index (χ0n) is 10.4. The van der Waals surface area contributed by atoms with E-state index in [9.17, 15) is 0 Å². The molecule has 0 amide bonds. The van der Waals surface area contributed by atoms with Gasteiger partial charge >= 0.3 is 0 Å². The molecule has 1 saturated carbocycles. The van der Waals surface area contributed by atoms with Gasteiger partial charge in [0.2, 0.25) is 5.88 Å². The highest BCUT2D eigenvalue weighted by molar-refractivity contribution is 5.23. The summed E-state index contributed by atoms with van der Waals surface area (Å²) in [7, 11) is 0. The van der Waals surface area contributed by atoms with E-state index in [1.165, 1.54) is 0 Å². The van der Waals surface area contributed by atoms with Gasteiger partial charge in [-0.25, -0.2) is 4.98 Å². The average molecular weight is 249 g/mol. The van der Waals surface area contributed by atoms with Crippen molar-refractivity contribution < 1.29 is 9.47 Å². The summed E-state index contributed by atoms with van der Waals surface area (Å²) in [6.07, 6.45) is 7.49. The number of hydrogen-bond donors (Lipinski definition) is 1. The summed E-state index contributed by atoms with van der Waals surface area (Å²) in [6.45, 7) is 1.60. The summed E-state index contributed by atoms with van der Waals surface area (Å²) in [5.41, 5.74) is 6.76. The Morgan fingerprint density at radius 3 is 2.61 bits per heavy atom. The normalized spacial score (nSPS) is 28.7. The lowest BCUT2D eigenvalue weighted by Gasteiger charge is -2.33. The average Bonchev–Trinajstić information content (AvgIpc) is 2.39. The first-order valence-electron chi connectivity index (χ1n) is 6.64. The summed E-state index contributed by atoms with van der Waals surface area (Å²) < 4.78 is 11.3. The first-order valence-corrected chi connectivity index (χ1v) is 6.64. The standard InChI is InChI=1S/C13H19N3O2/c14-10-7-11(8-10)18-13-12(15-3-4-16-13)9-1-5-17-6-2-9/h3-4,9-11H,1-2,5-8,14H2/t10-,11+. The second-order valence-electron chi connectivity index (χ2n) is 5.10. The SMILES string of the molecule is N[C@H]1C[C@@H](Oc2nccnc2C2CCOCC2)C1.